The second-order valence-electron chi connectivity index (χ2n) is 8.88. The number of aromatic nitrogens is 3. The van der Waals surface area contributed by atoms with Crippen LogP contribution in [0.25, 0.3) is 16.6 Å². The van der Waals surface area contributed by atoms with E-state index in [2.05, 4.69) is 21.1 Å². The Hall–Kier alpha value is -3.68. The van der Waals surface area contributed by atoms with Gasteiger partial charge in [0.05, 0.1) is 30.1 Å². The number of amides is 1. The first kappa shape index (κ1) is 24.4. The average molecular weight is 479 g/mol. The standard InChI is InChI=1S/C25H30N6O4/c1-17(2)24(33)25(34)30-8-6-29(7-9-30)22-5-4-18(14-27-22)21-12-20(35-11-3-10-32)16-31-23(21)19(13-26)15-28-31/h4-5,12,14-17,24,32-33H,3,6-11H2,1-2H3. The summed E-state index contributed by atoms with van der Waals surface area (Å²) in [6.07, 6.45) is 4.55. The number of ether oxygens (including phenoxy) is 1. The fraction of sp³-hybridized carbons (Fsp3) is 0.440. The van der Waals surface area contributed by atoms with Crippen molar-refractivity contribution in [2.75, 3.05) is 44.3 Å². The lowest BCUT2D eigenvalue weighted by Crippen LogP contribution is -2.52. The molecule has 0 spiro atoms. The van der Waals surface area contributed by atoms with Gasteiger partial charge in [0.2, 0.25) is 0 Å². The third kappa shape index (κ3) is 5.21. The van der Waals surface area contributed by atoms with Gasteiger partial charge in [-0.3, -0.25) is 4.79 Å². The predicted molar refractivity (Wildman–Crippen MR) is 130 cm³/mol. The number of carbonyl (C=O) groups excluding carboxylic acids is 1. The first-order valence-corrected chi connectivity index (χ1v) is 11.8. The number of hydrogen-bond donors (Lipinski definition) is 2. The second-order valence-corrected chi connectivity index (χ2v) is 8.88. The van der Waals surface area contributed by atoms with Gasteiger partial charge < -0.3 is 24.7 Å². The maximum Gasteiger partial charge on any atom is 0.251 e. The van der Waals surface area contributed by atoms with E-state index in [4.69, 9.17) is 9.84 Å². The zero-order chi connectivity index (χ0) is 24.9. The van der Waals surface area contributed by atoms with E-state index in [0.29, 0.717) is 56.0 Å². The van der Waals surface area contributed by atoms with Crippen molar-refractivity contribution in [3.8, 4) is 22.9 Å². The maximum absolute atomic E-state index is 12.4. The molecule has 0 radical (unpaired) electrons. The lowest BCUT2D eigenvalue weighted by molar-refractivity contribution is -0.142. The summed E-state index contributed by atoms with van der Waals surface area (Å²) in [6, 6.07) is 7.92. The first-order chi connectivity index (χ1) is 16.9. The molecule has 0 aliphatic carbocycles. The SMILES string of the molecule is CC(C)C(O)C(=O)N1CCN(c2ccc(-c3cc(OCCCO)cn4ncc(C#N)c34)cn2)CC1. The number of rotatable bonds is 8. The summed E-state index contributed by atoms with van der Waals surface area (Å²) >= 11 is 0. The molecule has 3 aromatic rings. The Labute approximate surface area is 204 Å². The molecule has 1 saturated heterocycles. The average Bonchev–Trinajstić information content (AvgIpc) is 3.31. The number of fused-ring (bicyclic) bond motifs is 1. The van der Waals surface area contributed by atoms with E-state index in [-0.39, 0.29) is 18.4 Å². The highest BCUT2D eigenvalue weighted by Crippen LogP contribution is 2.31. The van der Waals surface area contributed by atoms with Crippen LogP contribution in [-0.4, -0.2) is 81.1 Å². The maximum atomic E-state index is 12.4. The molecular formula is C25H30N6O4. The largest absolute Gasteiger partial charge is 0.492 e. The van der Waals surface area contributed by atoms with Crippen LogP contribution in [0.4, 0.5) is 5.82 Å². The van der Waals surface area contributed by atoms with Crippen LogP contribution in [0.3, 0.4) is 0 Å². The van der Waals surface area contributed by atoms with E-state index in [9.17, 15) is 15.2 Å². The number of nitriles is 1. The molecule has 1 aliphatic rings. The Bertz CT molecular complexity index is 1210. The summed E-state index contributed by atoms with van der Waals surface area (Å²) in [4.78, 5) is 20.9. The van der Waals surface area contributed by atoms with Crippen LogP contribution in [0, 0.1) is 17.2 Å². The molecule has 2 N–H and O–H groups in total. The summed E-state index contributed by atoms with van der Waals surface area (Å²) in [5.74, 6) is 1.05. The van der Waals surface area contributed by atoms with Gasteiger partial charge in [0, 0.05) is 56.5 Å². The molecule has 184 valence electrons. The van der Waals surface area contributed by atoms with E-state index in [0.717, 1.165) is 16.9 Å². The van der Waals surface area contributed by atoms with Crippen LogP contribution in [0.2, 0.25) is 0 Å². The second kappa shape index (κ2) is 10.7. The van der Waals surface area contributed by atoms with Gasteiger partial charge in [-0.15, -0.1) is 0 Å². The van der Waals surface area contributed by atoms with E-state index in [1.54, 1.807) is 21.8 Å². The van der Waals surface area contributed by atoms with E-state index in [1.165, 1.54) is 6.20 Å². The highest BCUT2D eigenvalue weighted by Gasteiger charge is 2.28. The molecule has 1 amide bonds. The number of carbonyl (C=O) groups is 1. The molecule has 0 saturated carbocycles. The number of piperazine rings is 1. The number of aliphatic hydroxyl groups excluding tert-OH is 2. The Kier molecular flexibility index (Phi) is 7.48. The van der Waals surface area contributed by atoms with Crippen molar-refractivity contribution in [2.24, 2.45) is 5.92 Å². The minimum absolute atomic E-state index is 0.0432. The number of hydrogen-bond acceptors (Lipinski definition) is 8. The lowest BCUT2D eigenvalue weighted by Gasteiger charge is -2.36. The predicted octanol–water partition coefficient (Wildman–Crippen LogP) is 1.69. The van der Waals surface area contributed by atoms with Gasteiger partial charge in [-0.2, -0.15) is 10.4 Å². The molecule has 1 atom stereocenters. The molecule has 0 aromatic carbocycles. The topological polar surface area (TPSA) is 127 Å². The summed E-state index contributed by atoms with van der Waals surface area (Å²) < 4.78 is 7.38. The fourth-order valence-corrected chi connectivity index (χ4v) is 4.09. The normalized spacial score (nSPS) is 14.9. The third-order valence-electron chi connectivity index (χ3n) is 6.14. The number of nitrogens with zero attached hydrogens (tertiary/aromatic N) is 6. The number of anilines is 1. The summed E-state index contributed by atoms with van der Waals surface area (Å²) in [5, 5.41) is 32.9. The number of aliphatic hydroxyl groups is 2. The summed E-state index contributed by atoms with van der Waals surface area (Å²) in [6.45, 7) is 6.39. The molecule has 4 heterocycles. The van der Waals surface area contributed by atoms with E-state index < -0.39 is 6.10 Å². The smallest absolute Gasteiger partial charge is 0.251 e. The van der Waals surface area contributed by atoms with Gasteiger partial charge in [0.25, 0.3) is 5.91 Å². The molecule has 1 unspecified atom stereocenters. The zero-order valence-electron chi connectivity index (χ0n) is 20.0. The molecular weight excluding hydrogens is 448 g/mol. The van der Waals surface area contributed by atoms with Gasteiger partial charge in [-0.25, -0.2) is 9.50 Å². The van der Waals surface area contributed by atoms with Gasteiger partial charge in [0.1, 0.15) is 23.7 Å². The lowest BCUT2D eigenvalue weighted by atomic mass is 10.0. The molecule has 1 aliphatic heterocycles. The Balaban J connectivity index is 1.53. The molecule has 1 fully saturated rings. The van der Waals surface area contributed by atoms with Crippen molar-refractivity contribution in [3.63, 3.8) is 0 Å². The van der Waals surface area contributed by atoms with Crippen molar-refractivity contribution >= 4 is 17.2 Å². The van der Waals surface area contributed by atoms with Gasteiger partial charge in [-0.05, 0) is 24.1 Å². The van der Waals surface area contributed by atoms with Crippen LogP contribution in [0.15, 0.2) is 36.8 Å². The molecule has 10 nitrogen and oxygen atoms in total. The van der Waals surface area contributed by atoms with Crippen molar-refractivity contribution in [2.45, 2.75) is 26.4 Å². The van der Waals surface area contributed by atoms with Crippen LogP contribution >= 0.6 is 0 Å². The van der Waals surface area contributed by atoms with Crippen LogP contribution in [0.5, 0.6) is 5.75 Å². The van der Waals surface area contributed by atoms with Gasteiger partial charge in [-0.1, -0.05) is 13.8 Å². The van der Waals surface area contributed by atoms with E-state index in [1.807, 2.05) is 32.0 Å². The summed E-state index contributed by atoms with van der Waals surface area (Å²) in [7, 11) is 0. The Morgan fingerprint density at radius 2 is 2.00 bits per heavy atom. The van der Waals surface area contributed by atoms with Crippen molar-refractivity contribution < 1.29 is 19.7 Å². The van der Waals surface area contributed by atoms with E-state index >= 15 is 0 Å². The Morgan fingerprint density at radius 3 is 2.63 bits per heavy atom. The van der Waals surface area contributed by atoms with Crippen LogP contribution < -0.4 is 9.64 Å². The summed E-state index contributed by atoms with van der Waals surface area (Å²) in [5.41, 5.74) is 2.72. The molecule has 3 aromatic heterocycles. The molecule has 10 heteroatoms. The van der Waals surface area contributed by atoms with Crippen LogP contribution in [-0.2, 0) is 4.79 Å². The molecule has 4 rings (SSSR count). The monoisotopic (exact) mass is 478 g/mol. The highest BCUT2D eigenvalue weighted by atomic mass is 16.5. The Morgan fingerprint density at radius 1 is 1.23 bits per heavy atom. The molecule has 35 heavy (non-hydrogen) atoms. The van der Waals surface area contributed by atoms with Crippen molar-refractivity contribution in [1.29, 1.82) is 5.26 Å². The number of pyridine rings is 2. The van der Waals surface area contributed by atoms with Crippen molar-refractivity contribution in [1.82, 2.24) is 19.5 Å². The fourth-order valence-electron chi connectivity index (χ4n) is 4.09. The van der Waals surface area contributed by atoms with Gasteiger partial charge in [0.15, 0.2) is 0 Å². The first-order valence-electron chi connectivity index (χ1n) is 11.8. The zero-order valence-corrected chi connectivity index (χ0v) is 20.0. The van der Waals surface area contributed by atoms with Crippen LogP contribution in [0.1, 0.15) is 25.8 Å². The minimum atomic E-state index is -0.971. The minimum Gasteiger partial charge on any atom is -0.492 e. The van der Waals surface area contributed by atoms with Gasteiger partial charge >= 0.3 is 0 Å². The third-order valence-corrected chi connectivity index (χ3v) is 6.14. The highest BCUT2D eigenvalue weighted by molar-refractivity contribution is 5.85. The molecule has 0 bridgehead atoms. The quantitative estimate of drug-likeness (QED) is 0.468. The van der Waals surface area contributed by atoms with Crippen molar-refractivity contribution in [3.05, 3.63) is 42.4 Å².